The lowest BCUT2D eigenvalue weighted by Gasteiger charge is -2.30. The maximum atomic E-state index is 12.0. The van der Waals surface area contributed by atoms with Crippen LogP contribution in [0.25, 0.3) is 0 Å². The fraction of sp³-hybridized carbons (Fsp3) is 0.611. The monoisotopic (exact) mass is 323 g/mol. The summed E-state index contributed by atoms with van der Waals surface area (Å²) in [5, 5.41) is 0.729. The molecule has 1 aliphatic heterocycles. The van der Waals surface area contributed by atoms with E-state index in [0.717, 1.165) is 42.2 Å². The van der Waals surface area contributed by atoms with Crippen molar-refractivity contribution in [2.75, 3.05) is 24.6 Å². The Hall–Kier alpha value is -1.22. The molecule has 1 unspecified atom stereocenters. The molecule has 4 heteroatoms. The van der Waals surface area contributed by atoms with E-state index >= 15 is 0 Å². The molecule has 0 bridgehead atoms. The van der Waals surface area contributed by atoms with E-state index in [1.54, 1.807) is 0 Å². The van der Waals surface area contributed by atoms with Gasteiger partial charge in [-0.15, -0.1) is 0 Å². The van der Waals surface area contributed by atoms with E-state index in [0.29, 0.717) is 6.61 Å². The molecule has 0 spiro atoms. The van der Waals surface area contributed by atoms with Crippen molar-refractivity contribution in [2.45, 2.75) is 51.9 Å². The van der Waals surface area contributed by atoms with E-state index in [9.17, 15) is 4.79 Å². The number of esters is 1. The highest BCUT2D eigenvalue weighted by Gasteiger charge is 2.19. The summed E-state index contributed by atoms with van der Waals surface area (Å²) in [6.45, 7) is 6.58. The zero-order valence-electron chi connectivity index (χ0n) is 13.6. The van der Waals surface area contributed by atoms with Gasteiger partial charge in [0, 0.05) is 13.1 Å². The second-order valence-electron chi connectivity index (χ2n) is 6.00. The van der Waals surface area contributed by atoms with Crippen molar-refractivity contribution in [3.63, 3.8) is 0 Å². The van der Waals surface area contributed by atoms with Crippen LogP contribution in [0, 0.1) is 0 Å². The molecular weight excluding hydrogens is 298 g/mol. The molecule has 0 amide bonds. The normalized spacial score (nSPS) is 16.4. The summed E-state index contributed by atoms with van der Waals surface area (Å²) in [6, 6.07) is 5.96. The van der Waals surface area contributed by atoms with Gasteiger partial charge in [0.1, 0.15) is 0 Å². The Morgan fingerprint density at radius 1 is 1.32 bits per heavy atom. The van der Waals surface area contributed by atoms with Crippen molar-refractivity contribution >= 4 is 23.3 Å². The van der Waals surface area contributed by atoms with E-state index < -0.39 is 0 Å². The third-order valence-corrected chi connectivity index (χ3v) is 4.57. The van der Waals surface area contributed by atoms with Gasteiger partial charge < -0.3 is 9.64 Å². The van der Waals surface area contributed by atoms with E-state index in [-0.39, 0.29) is 11.9 Å². The lowest BCUT2D eigenvalue weighted by molar-refractivity contribution is -0.145. The van der Waals surface area contributed by atoms with Crippen molar-refractivity contribution < 1.29 is 9.53 Å². The molecule has 1 aliphatic rings. The second-order valence-corrected chi connectivity index (χ2v) is 6.41. The second kappa shape index (κ2) is 8.42. The highest BCUT2D eigenvalue weighted by atomic mass is 35.5. The smallest absolute Gasteiger partial charge is 0.313 e. The Morgan fingerprint density at radius 2 is 2.05 bits per heavy atom. The first-order chi connectivity index (χ1) is 10.6. The number of piperidine rings is 1. The molecule has 1 fully saturated rings. The van der Waals surface area contributed by atoms with Crippen LogP contribution < -0.4 is 4.90 Å². The first-order valence-electron chi connectivity index (χ1n) is 8.34. The molecule has 22 heavy (non-hydrogen) atoms. The molecule has 2 rings (SSSR count). The Bertz CT molecular complexity index is 498. The lowest BCUT2D eigenvalue weighted by Crippen LogP contribution is -2.29. The number of carbonyl (C=O) groups excluding carboxylic acids is 1. The molecule has 0 radical (unpaired) electrons. The lowest BCUT2D eigenvalue weighted by atomic mass is 10.0. The van der Waals surface area contributed by atoms with Gasteiger partial charge in [0.15, 0.2) is 0 Å². The predicted molar refractivity (Wildman–Crippen MR) is 91.8 cm³/mol. The first-order valence-corrected chi connectivity index (χ1v) is 8.72. The number of benzene rings is 1. The number of unbranched alkanes of at least 4 members (excludes halogenated alkanes) is 1. The van der Waals surface area contributed by atoms with Gasteiger partial charge in [-0.2, -0.15) is 0 Å². The molecule has 0 aromatic heterocycles. The zero-order chi connectivity index (χ0) is 15.9. The van der Waals surface area contributed by atoms with Crippen LogP contribution in [0.15, 0.2) is 18.2 Å². The minimum atomic E-state index is -0.273. The highest BCUT2D eigenvalue weighted by molar-refractivity contribution is 6.33. The summed E-state index contributed by atoms with van der Waals surface area (Å²) in [6.07, 6.45) is 5.68. The first kappa shape index (κ1) is 17.1. The van der Waals surface area contributed by atoms with Crippen molar-refractivity contribution in [1.29, 1.82) is 0 Å². The van der Waals surface area contributed by atoms with Crippen molar-refractivity contribution in [3.8, 4) is 0 Å². The number of anilines is 1. The number of rotatable bonds is 6. The van der Waals surface area contributed by atoms with E-state index in [2.05, 4.69) is 11.8 Å². The van der Waals surface area contributed by atoms with Crippen molar-refractivity contribution in [2.24, 2.45) is 0 Å². The number of nitrogens with zero attached hydrogens (tertiary/aromatic N) is 1. The molecule has 1 heterocycles. The van der Waals surface area contributed by atoms with Crippen LogP contribution in [-0.4, -0.2) is 25.7 Å². The van der Waals surface area contributed by atoms with E-state index in [4.69, 9.17) is 16.3 Å². The highest BCUT2D eigenvalue weighted by Crippen LogP contribution is 2.31. The van der Waals surface area contributed by atoms with Gasteiger partial charge in [0.05, 0.1) is 23.2 Å². The van der Waals surface area contributed by atoms with Crippen LogP contribution in [0.4, 0.5) is 5.69 Å². The third-order valence-electron chi connectivity index (χ3n) is 4.26. The van der Waals surface area contributed by atoms with Crippen LogP contribution >= 0.6 is 11.6 Å². The molecule has 1 saturated heterocycles. The van der Waals surface area contributed by atoms with Crippen LogP contribution in [0.5, 0.6) is 0 Å². The molecule has 0 N–H and O–H groups in total. The largest absolute Gasteiger partial charge is 0.465 e. The molecule has 122 valence electrons. The zero-order valence-corrected chi connectivity index (χ0v) is 14.4. The van der Waals surface area contributed by atoms with Gasteiger partial charge in [0.2, 0.25) is 0 Å². The van der Waals surface area contributed by atoms with Gasteiger partial charge in [-0.25, -0.2) is 0 Å². The van der Waals surface area contributed by atoms with Gasteiger partial charge in [-0.05, 0) is 50.3 Å². The fourth-order valence-corrected chi connectivity index (χ4v) is 3.07. The number of carbonyl (C=O) groups is 1. The molecular formula is C18H26ClNO2. The average Bonchev–Trinajstić information content (AvgIpc) is 2.55. The minimum Gasteiger partial charge on any atom is -0.465 e. The summed E-state index contributed by atoms with van der Waals surface area (Å²) >= 11 is 6.44. The van der Waals surface area contributed by atoms with Crippen LogP contribution in [0.3, 0.4) is 0 Å². The Balaban J connectivity index is 2.02. The van der Waals surface area contributed by atoms with Crippen molar-refractivity contribution in [1.82, 2.24) is 0 Å². The molecule has 0 saturated carbocycles. The number of hydrogen-bond acceptors (Lipinski definition) is 3. The standard InChI is InChI=1S/C18H26ClNO2/c1-3-4-12-22-18(21)14(2)15-8-9-17(16(19)13-15)20-10-6-5-7-11-20/h8-9,13-14H,3-7,10-12H2,1-2H3. The quantitative estimate of drug-likeness (QED) is 0.557. The number of halogens is 1. The molecule has 0 aliphatic carbocycles. The third kappa shape index (κ3) is 4.39. The summed E-state index contributed by atoms with van der Waals surface area (Å²) in [7, 11) is 0. The van der Waals surface area contributed by atoms with Crippen molar-refractivity contribution in [3.05, 3.63) is 28.8 Å². The molecule has 1 aromatic carbocycles. The Labute approximate surface area is 138 Å². The van der Waals surface area contributed by atoms with Gasteiger partial charge in [-0.1, -0.05) is 31.0 Å². The summed E-state index contributed by atoms with van der Waals surface area (Å²) in [5.41, 5.74) is 2.00. The fourth-order valence-electron chi connectivity index (χ4n) is 2.76. The Morgan fingerprint density at radius 3 is 2.68 bits per heavy atom. The summed E-state index contributed by atoms with van der Waals surface area (Å²) in [4.78, 5) is 14.4. The number of hydrogen-bond donors (Lipinski definition) is 0. The average molecular weight is 324 g/mol. The maximum absolute atomic E-state index is 12.0. The molecule has 1 aromatic rings. The maximum Gasteiger partial charge on any atom is 0.313 e. The van der Waals surface area contributed by atoms with E-state index in [1.165, 1.54) is 19.3 Å². The predicted octanol–water partition coefficient (Wildman–Crippen LogP) is 4.78. The SMILES string of the molecule is CCCCOC(=O)C(C)c1ccc(N2CCCCC2)c(Cl)c1. The minimum absolute atomic E-state index is 0.171. The van der Waals surface area contributed by atoms with Crippen LogP contribution in [0.1, 0.15) is 57.4 Å². The number of ether oxygens (including phenoxy) is 1. The van der Waals surface area contributed by atoms with E-state index in [1.807, 2.05) is 25.1 Å². The van der Waals surface area contributed by atoms with Gasteiger partial charge in [0.25, 0.3) is 0 Å². The Kier molecular flexibility index (Phi) is 6.56. The summed E-state index contributed by atoms with van der Waals surface area (Å²) in [5.74, 6) is -0.444. The molecule has 1 atom stereocenters. The van der Waals surface area contributed by atoms with Crippen LogP contribution in [-0.2, 0) is 9.53 Å². The van der Waals surface area contributed by atoms with Gasteiger partial charge in [-0.3, -0.25) is 4.79 Å². The van der Waals surface area contributed by atoms with Crippen LogP contribution in [0.2, 0.25) is 5.02 Å². The topological polar surface area (TPSA) is 29.5 Å². The summed E-state index contributed by atoms with van der Waals surface area (Å²) < 4.78 is 5.29. The van der Waals surface area contributed by atoms with Gasteiger partial charge >= 0.3 is 5.97 Å². The molecule has 3 nitrogen and oxygen atoms in total.